The van der Waals surface area contributed by atoms with Gasteiger partial charge in [-0.3, -0.25) is 0 Å². The van der Waals surface area contributed by atoms with Crippen LogP contribution < -0.4 is 5.32 Å². The molecule has 2 heteroatoms. The van der Waals surface area contributed by atoms with Gasteiger partial charge in [-0.2, -0.15) is 0 Å². The summed E-state index contributed by atoms with van der Waals surface area (Å²) in [6.07, 6.45) is 3.18. The molecule has 0 aliphatic rings. The molecule has 2 nitrogen and oxygen atoms in total. The van der Waals surface area contributed by atoms with Gasteiger partial charge in [0.15, 0.2) is 0 Å². The molecule has 0 aromatic carbocycles. The minimum atomic E-state index is 0.814. The van der Waals surface area contributed by atoms with Crippen molar-refractivity contribution >= 4 is 0 Å². The lowest BCUT2D eigenvalue weighted by molar-refractivity contribution is 0.247. The lowest BCUT2D eigenvalue weighted by Crippen LogP contribution is -2.34. The molecule has 0 aliphatic heterocycles. The predicted molar refractivity (Wildman–Crippen MR) is 64.6 cm³/mol. The number of rotatable bonds is 9. The number of likely N-dealkylation sites (N-methyl/N-ethyl adjacent to an activating group) is 1. The first-order chi connectivity index (χ1) is 6.74. The van der Waals surface area contributed by atoms with Crippen LogP contribution in [0.15, 0.2) is 12.7 Å². The fourth-order valence-corrected chi connectivity index (χ4v) is 1.39. The minimum Gasteiger partial charge on any atom is -0.312 e. The highest BCUT2D eigenvalue weighted by Gasteiger charge is 2.05. The Morgan fingerprint density at radius 2 is 2.14 bits per heavy atom. The van der Waals surface area contributed by atoms with Gasteiger partial charge in [-0.25, -0.2) is 0 Å². The topological polar surface area (TPSA) is 15.3 Å². The molecule has 0 aromatic heterocycles. The van der Waals surface area contributed by atoms with E-state index < -0.39 is 0 Å². The zero-order valence-electron chi connectivity index (χ0n) is 10.1. The van der Waals surface area contributed by atoms with Gasteiger partial charge in [0.2, 0.25) is 0 Å². The summed E-state index contributed by atoms with van der Waals surface area (Å²) in [5, 5.41) is 3.33. The lowest BCUT2D eigenvalue weighted by atomic mass is 10.1. The largest absolute Gasteiger partial charge is 0.312 e. The third kappa shape index (κ3) is 7.10. The smallest absolute Gasteiger partial charge is 0.0132 e. The number of hydrogen-bond donors (Lipinski definition) is 1. The Balaban J connectivity index is 3.52. The van der Waals surface area contributed by atoms with Crippen LogP contribution in [0.1, 0.15) is 27.2 Å². The maximum atomic E-state index is 3.68. The van der Waals surface area contributed by atoms with E-state index in [0.717, 1.165) is 32.1 Å². The summed E-state index contributed by atoms with van der Waals surface area (Å²) >= 11 is 0. The van der Waals surface area contributed by atoms with E-state index in [9.17, 15) is 0 Å². The van der Waals surface area contributed by atoms with Gasteiger partial charge in [0.05, 0.1) is 0 Å². The number of nitrogens with zero attached hydrogens (tertiary/aromatic N) is 1. The molecule has 0 aliphatic carbocycles. The van der Waals surface area contributed by atoms with E-state index in [0.29, 0.717) is 0 Å². The monoisotopic (exact) mass is 198 g/mol. The molecule has 14 heavy (non-hydrogen) atoms. The maximum Gasteiger partial charge on any atom is 0.0132 e. The molecule has 0 amide bonds. The summed E-state index contributed by atoms with van der Waals surface area (Å²) in [7, 11) is 0. The zero-order chi connectivity index (χ0) is 10.8. The van der Waals surface area contributed by atoms with Gasteiger partial charge in [-0.05, 0) is 12.5 Å². The Morgan fingerprint density at radius 3 is 2.64 bits per heavy atom. The first kappa shape index (κ1) is 13.7. The van der Waals surface area contributed by atoms with Crippen LogP contribution in [0.4, 0.5) is 0 Å². The van der Waals surface area contributed by atoms with Crippen molar-refractivity contribution in [2.24, 2.45) is 5.92 Å². The number of nitrogens with one attached hydrogen (secondary N) is 1. The third-order valence-electron chi connectivity index (χ3n) is 2.61. The first-order valence-corrected chi connectivity index (χ1v) is 5.78. The van der Waals surface area contributed by atoms with Gasteiger partial charge in [0.1, 0.15) is 0 Å². The fraction of sp³-hybridized carbons (Fsp3) is 0.833. The van der Waals surface area contributed by atoms with Crippen molar-refractivity contribution in [3.63, 3.8) is 0 Å². The third-order valence-corrected chi connectivity index (χ3v) is 2.61. The van der Waals surface area contributed by atoms with E-state index in [4.69, 9.17) is 0 Å². The molecule has 0 fully saturated rings. The van der Waals surface area contributed by atoms with Gasteiger partial charge < -0.3 is 10.2 Å². The molecule has 0 bridgehead atoms. The molecule has 84 valence electrons. The Labute approximate surface area is 89.4 Å². The molecule has 1 N–H and O–H groups in total. The molecule has 0 saturated carbocycles. The minimum absolute atomic E-state index is 0.814. The second-order valence-corrected chi connectivity index (χ2v) is 3.90. The van der Waals surface area contributed by atoms with Crippen molar-refractivity contribution in [3.8, 4) is 0 Å². The number of hydrogen-bond acceptors (Lipinski definition) is 2. The van der Waals surface area contributed by atoms with Crippen molar-refractivity contribution in [1.82, 2.24) is 10.2 Å². The predicted octanol–water partition coefficient (Wildman–Crippen LogP) is 2.13. The second kappa shape index (κ2) is 9.22. The normalized spacial score (nSPS) is 13.1. The second-order valence-electron chi connectivity index (χ2n) is 3.90. The quantitative estimate of drug-likeness (QED) is 0.451. The zero-order valence-corrected chi connectivity index (χ0v) is 10.1. The molecule has 0 aromatic rings. The van der Waals surface area contributed by atoms with Crippen LogP contribution in [-0.4, -0.2) is 37.6 Å². The first-order valence-electron chi connectivity index (χ1n) is 5.78. The Hall–Kier alpha value is -0.340. The van der Waals surface area contributed by atoms with E-state index >= 15 is 0 Å². The van der Waals surface area contributed by atoms with Gasteiger partial charge in [0, 0.05) is 26.2 Å². The Morgan fingerprint density at radius 1 is 1.43 bits per heavy atom. The van der Waals surface area contributed by atoms with E-state index in [-0.39, 0.29) is 0 Å². The SMILES string of the molecule is C=CCNCCN(CC)CC(C)CC. The van der Waals surface area contributed by atoms with Crippen LogP contribution >= 0.6 is 0 Å². The fourth-order valence-electron chi connectivity index (χ4n) is 1.39. The average molecular weight is 198 g/mol. The van der Waals surface area contributed by atoms with Crippen molar-refractivity contribution in [3.05, 3.63) is 12.7 Å². The van der Waals surface area contributed by atoms with Crippen molar-refractivity contribution < 1.29 is 0 Å². The molecule has 1 atom stereocenters. The van der Waals surface area contributed by atoms with Gasteiger partial charge >= 0.3 is 0 Å². The van der Waals surface area contributed by atoms with E-state index in [1.807, 2.05) is 6.08 Å². The molecule has 0 saturated heterocycles. The molecular weight excluding hydrogens is 172 g/mol. The van der Waals surface area contributed by atoms with Crippen LogP contribution in [0.3, 0.4) is 0 Å². The lowest BCUT2D eigenvalue weighted by Gasteiger charge is -2.23. The van der Waals surface area contributed by atoms with Crippen molar-refractivity contribution in [2.45, 2.75) is 27.2 Å². The summed E-state index contributed by atoms with van der Waals surface area (Å²) in [5.74, 6) is 0.814. The molecule has 0 radical (unpaired) electrons. The molecule has 0 rings (SSSR count). The Bertz CT molecular complexity index is 134. The highest BCUT2D eigenvalue weighted by molar-refractivity contribution is 4.70. The van der Waals surface area contributed by atoms with E-state index in [2.05, 4.69) is 37.6 Å². The van der Waals surface area contributed by atoms with Gasteiger partial charge in [0.25, 0.3) is 0 Å². The highest BCUT2D eigenvalue weighted by Crippen LogP contribution is 2.03. The summed E-state index contributed by atoms with van der Waals surface area (Å²) in [5.41, 5.74) is 0. The highest BCUT2D eigenvalue weighted by atomic mass is 15.1. The van der Waals surface area contributed by atoms with Gasteiger partial charge in [-0.1, -0.05) is 33.3 Å². The van der Waals surface area contributed by atoms with E-state index in [1.165, 1.54) is 13.0 Å². The molecule has 0 heterocycles. The summed E-state index contributed by atoms with van der Waals surface area (Å²) in [4.78, 5) is 2.50. The van der Waals surface area contributed by atoms with Crippen molar-refractivity contribution in [2.75, 3.05) is 32.7 Å². The van der Waals surface area contributed by atoms with Crippen LogP contribution in [0.5, 0.6) is 0 Å². The van der Waals surface area contributed by atoms with Crippen LogP contribution in [0.25, 0.3) is 0 Å². The Kier molecular flexibility index (Phi) is 9.00. The van der Waals surface area contributed by atoms with Crippen LogP contribution in [0.2, 0.25) is 0 Å². The summed E-state index contributed by atoms with van der Waals surface area (Å²) < 4.78 is 0. The molecule has 1 unspecified atom stereocenters. The average Bonchev–Trinajstić information content (AvgIpc) is 2.22. The summed E-state index contributed by atoms with van der Waals surface area (Å²) in [6, 6.07) is 0. The van der Waals surface area contributed by atoms with Crippen LogP contribution in [-0.2, 0) is 0 Å². The summed E-state index contributed by atoms with van der Waals surface area (Å²) in [6.45, 7) is 16.0. The van der Waals surface area contributed by atoms with Crippen molar-refractivity contribution in [1.29, 1.82) is 0 Å². The van der Waals surface area contributed by atoms with Gasteiger partial charge in [-0.15, -0.1) is 6.58 Å². The van der Waals surface area contributed by atoms with Crippen LogP contribution in [0, 0.1) is 5.92 Å². The maximum absolute atomic E-state index is 3.68. The standard InChI is InChI=1S/C12H26N2/c1-5-8-13-9-10-14(7-3)11-12(4)6-2/h5,12-13H,1,6-11H2,2-4H3. The molecule has 0 spiro atoms. The van der Waals surface area contributed by atoms with E-state index in [1.54, 1.807) is 0 Å². The molecular formula is C12H26N2.